The largest absolute Gasteiger partial charge is 0.416 e. The number of piperidine rings is 1. The number of benzene rings is 3. The first-order valence-electron chi connectivity index (χ1n) is 13.1. The number of likely N-dealkylation sites (tertiary alicyclic amines) is 1. The summed E-state index contributed by atoms with van der Waals surface area (Å²) in [6, 6.07) is 13.2. The van der Waals surface area contributed by atoms with Crippen LogP contribution in [0.4, 0.5) is 26.3 Å². The normalized spacial score (nSPS) is 17.6. The lowest BCUT2D eigenvalue weighted by Gasteiger charge is -2.40. The number of rotatable bonds is 5. The molecule has 1 aliphatic heterocycles. The van der Waals surface area contributed by atoms with Crippen LogP contribution in [0.5, 0.6) is 0 Å². The predicted octanol–water partition coefficient (Wildman–Crippen LogP) is 6.97. The van der Waals surface area contributed by atoms with E-state index in [4.69, 9.17) is 11.6 Å². The highest BCUT2D eigenvalue weighted by molar-refractivity contribution is 6.30. The molecule has 1 N–H and O–H groups in total. The second kappa shape index (κ2) is 11.8. The standard InChI is InChI=1S/C30H23ClF6N4O2/c31-21-7-5-17(6-8-21)11-23-10-9-22(40-27(42)26-24-3-1-2-4-25(24)38-16-39-26)15-41(23)28(43)18-12-19(29(32,33)34)14-20(13-18)30(35,36)37/h1-8,12-14,16,22-23H,9-11,15H2,(H,40,42)/t22-,23+/m1/s1. The Morgan fingerprint density at radius 2 is 1.53 bits per heavy atom. The summed E-state index contributed by atoms with van der Waals surface area (Å²) in [5.41, 5.74) is -2.52. The fraction of sp³-hybridized carbons (Fsp3) is 0.267. The highest BCUT2D eigenvalue weighted by Gasteiger charge is 2.39. The van der Waals surface area contributed by atoms with Gasteiger partial charge in [0.15, 0.2) is 0 Å². The van der Waals surface area contributed by atoms with Crippen molar-refractivity contribution in [3.63, 3.8) is 0 Å². The van der Waals surface area contributed by atoms with E-state index in [-0.39, 0.29) is 24.7 Å². The molecule has 0 bridgehead atoms. The number of hydrogen-bond donors (Lipinski definition) is 1. The van der Waals surface area contributed by atoms with Crippen LogP contribution in [0.2, 0.25) is 5.02 Å². The molecular formula is C30H23ClF6N4O2. The quantitative estimate of drug-likeness (QED) is 0.245. The maximum Gasteiger partial charge on any atom is 0.416 e. The molecule has 1 saturated heterocycles. The molecule has 0 saturated carbocycles. The topological polar surface area (TPSA) is 75.2 Å². The van der Waals surface area contributed by atoms with Crippen LogP contribution in [0, 0.1) is 0 Å². The van der Waals surface area contributed by atoms with E-state index in [2.05, 4.69) is 15.3 Å². The average Bonchev–Trinajstić information content (AvgIpc) is 2.97. The Hall–Kier alpha value is -4.19. The maximum absolute atomic E-state index is 13.7. The second-order valence-corrected chi connectivity index (χ2v) is 10.7. The number of amides is 2. The van der Waals surface area contributed by atoms with Gasteiger partial charge in [0.1, 0.15) is 12.0 Å². The van der Waals surface area contributed by atoms with Gasteiger partial charge >= 0.3 is 12.4 Å². The van der Waals surface area contributed by atoms with Gasteiger partial charge in [0.2, 0.25) is 0 Å². The van der Waals surface area contributed by atoms with Crippen LogP contribution >= 0.6 is 11.6 Å². The highest BCUT2D eigenvalue weighted by atomic mass is 35.5. The molecule has 0 radical (unpaired) electrons. The van der Waals surface area contributed by atoms with E-state index in [1.807, 2.05) is 0 Å². The SMILES string of the molecule is O=C(N[C@@H]1CC[C@@H](Cc2ccc(Cl)cc2)N(C(=O)c2cc(C(F)(F)F)cc(C(F)(F)F)c2)C1)c1ncnc2ccccc12. The molecule has 0 aliphatic carbocycles. The minimum Gasteiger partial charge on any atom is -0.346 e. The van der Waals surface area contributed by atoms with Gasteiger partial charge in [-0.05, 0) is 61.2 Å². The summed E-state index contributed by atoms with van der Waals surface area (Å²) in [7, 11) is 0. The Labute approximate surface area is 246 Å². The molecule has 3 aromatic carbocycles. The first-order chi connectivity index (χ1) is 20.3. The Morgan fingerprint density at radius 3 is 2.19 bits per heavy atom. The number of hydrogen-bond acceptors (Lipinski definition) is 4. The first-order valence-corrected chi connectivity index (χ1v) is 13.5. The molecule has 5 rings (SSSR count). The molecule has 13 heteroatoms. The molecule has 4 aromatic rings. The van der Waals surface area contributed by atoms with Gasteiger partial charge in [0.25, 0.3) is 11.8 Å². The summed E-state index contributed by atoms with van der Waals surface area (Å²) in [6.07, 6.45) is -8.01. The van der Waals surface area contributed by atoms with Gasteiger partial charge in [0.05, 0.1) is 16.6 Å². The van der Waals surface area contributed by atoms with Crippen molar-refractivity contribution < 1.29 is 35.9 Å². The molecule has 6 nitrogen and oxygen atoms in total. The maximum atomic E-state index is 13.7. The summed E-state index contributed by atoms with van der Waals surface area (Å²) < 4.78 is 81.3. The van der Waals surface area contributed by atoms with Gasteiger partial charge in [-0.25, -0.2) is 9.97 Å². The van der Waals surface area contributed by atoms with Crippen LogP contribution in [0.3, 0.4) is 0 Å². The zero-order valence-corrected chi connectivity index (χ0v) is 23.0. The van der Waals surface area contributed by atoms with Crippen molar-refractivity contribution in [3.8, 4) is 0 Å². The minimum absolute atomic E-state index is 0.0206. The van der Waals surface area contributed by atoms with Gasteiger partial charge in [-0.3, -0.25) is 9.59 Å². The monoisotopic (exact) mass is 620 g/mol. The number of fused-ring (bicyclic) bond motifs is 1. The summed E-state index contributed by atoms with van der Waals surface area (Å²) in [4.78, 5) is 36.4. The molecule has 0 spiro atoms. The van der Waals surface area contributed by atoms with Crippen molar-refractivity contribution in [3.05, 3.63) is 106 Å². The molecule has 2 atom stereocenters. The van der Waals surface area contributed by atoms with Gasteiger partial charge in [-0.1, -0.05) is 41.9 Å². The van der Waals surface area contributed by atoms with Crippen LogP contribution in [0.15, 0.2) is 73.1 Å². The van der Waals surface area contributed by atoms with Crippen LogP contribution in [-0.4, -0.2) is 45.3 Å². The molecular weight excluding hydrogens is 598 g/mol. The van der Waals surface area contributed by atoms with Crippen molar-refractivity contribution in [2.75, 3.05) is 6.54 Å². The number of halogens is 7. The number of carbonyl (C=O) groups is 2. The molecule has 2 amide bonds. The molecule has 2 heterocycles. The van der Waals surface area contributed by atoms with E-state index in [0.29, 0.717) is 40.9 Å². The van der Waals surface area contributed by atoms with Crippen molar-refractivity contribution >= 4 is 34.3 Å². The third kappa shape index (κ3) is 6.90. The van der Waals surface area contributed by atoms with Crippen LogP contribution in [0.25, 0.3) is 10.9 Å². The number of aromatic nitrogens is 2. The molecule has 224 valence electrons. The number of nitrogens with one attached hydrogen (secondary N) is 1. The third-order valence-corrected chi connectivity index (χ3v) is 7.53. The zero-order chi connectivity index (χ0) is 30.9. The number of alkyl halides is 6. The fourth-order valence-corrected chi connectivity index (χ4v) is 5.31. The van der Waals surface area contributed by atoms with Gasteiger partial charge in [0, 0.05) is 34.6 Å². The van der Waals surface area contributed by atoms with E-state index in [1.54, 1.807) is 48.5 Å². The van der Waals surface area contributed by atoms with E-state index >= 15 is 0 Å². The Balaban J connectivity index is 1.46. The van der Waals surface area contributed by atoms with E-state index in [0.717, 1.165) is 5.56 Å². The third-order valence-electron chi connectivity index (χ3n) is 7.28. The van der Waals surface area contributed by atoms with Crippen LogP contribution in [-0.2, 0) is 18.8 Å². The van der Waals surface area contributed by atoms with Crippen molar-refractivity contribution in [1.82, 2.24) is 20.2 Å². The number of carbonyl (C=O) groups excluding carboxylic acids is 2. The van der Waals surface area contributed by atoms with Gasteiger partial charge in [-0.2, -0.15) is 26.3 Å². The molecule has 43 heavy (non-hydrogen) atoms. The lowest BCUT2D eigenvalue weighted by atomic mass is 9.91. The predicted molar refractivity (Wildman–Crippen MR) is 146 cm³/mol. The fourth-order valence-electron chi connectivity index (χ4n) is 5.18. The highest BCUT2D eigenvalue weighted by Crippen LogP contribution is 2.37. The zero-order valence-electron chi connectivity index (χ0n) is 22.2. The second-order valence-electron chi connectivity index (χ2n) is 10.2. The minimum atomic E-state index is -5.11. The van der Waals surface area contributed by atoms with Gasteiger partial charge in [-0.15, -0.1) is 0 Å². The summed E-state index contributed by atoms with van der Waals surface area (Å²) in [5.74, 6) is -1.56. The van der Waals surface area contributed by atoms with Crippen LogP contribution in [0.1, 0.15) is 50.4 Å². The molecule has 1 aromatic heterocycles. The number of nitrogens with zero attached hydrogens (tertiary/aromatic N) is 3. The lowest BCUT2D eigenvalue weighted by molar-refractivity contribution is -0.143. The van der Waals surface area contributed by atoms with E-state index in [1.165, 1.54) is 11.2 Å². The molecule has 1 aliphatic rings. The average molecular weight is 621 g/mol. The van der Waals surface area contributed by atoms with E-state index in [9.17, 15) is 35.9 Å². The Morgan fingerprint density at radius 1 is 0.884 bits per heavy atom. The van der Waals surface area contributed by atoms with Crippen LogP contribution < -0.4 is 5.32 Å². The first kappa shape index (κ1) is 30.3. The van der Waals surface area contributed by atoms with Gasteiger partial charge < -0.3 is 10.2 Å². The van der Waals surface area contributed by atoms with Crippen molar-refractivity contribution in [2.24, 2.45) is 0 Å². The Bertz CT molecular complexity index is 1620. The molecule has 1 fully saturated rings. The smallest absolute Gasteiger partial charge is 0.346 e. The summed E-state index contributed by atoms with van der Waals surface area (Å²) >= 11 is 5.97. The lowest BCUT2D eigenvalue weighted by Crippen LogP contribution is -2.54. The summed E-state index contributed by atoms with van der Waals surface area (Å²) in [5, 5.41) is 3.80. The summed E-state index contributed by atoms with van der Waals surface area (Å²) in [6.45, 7) is -0.149. The van der Waals surface area contributed by atoms with Crippen molar-refractivity contribution in [2.45, 2.75) is 43.7 Å². The van der Waals surface area contributed by atoms with Crippen molar-refractivity contribution in [1.29, 1.82) is 0 Å². The Kier molecular flexibility index (Phi) is 8.33. The molecule has 0 unspecified atom stereocenters. The number of para-hydroxylation sites is 1. The van der Waals surface area contributed by atoms with E-state index < -0.39 is 52.9 Å².